The van der Waals surface area contributed by atoms with Crippen molar-refractivity contribution in [3.63, 3.8) is 0 Å². The van der Waals surface area contributed by atoms with Gasteiger partial charge < -0.3 is 10.6 Å². The predicted octanol–water partition coefficient (Wildman–Crippen LogP) is 4.54. The summed E-state index contributed by atoms with van der Waals surface area (Å²) < 4.78 is 0. The van der Waals surface area contributed by atoms with E-state index in [1.807, 2.05) is 18.2 Å². The molecule has 2 N–H and O–H groups in total. The highest BCUT2D eigenvalue weighted by Crippen LogP contribution is 2.39. The fraction of sp³-hybridized carbons (Fsp3) is 0.300. The number of carbonyl (C=O) groups is 2. The smallest absolute Gasteiger partial charge is 0.254 e. The van der Waals surface area contributed by atoms with Gasteiger partial charge in [0.15, 0.2) is 0 Å². The molecule has 0 aliphatic heterocycles. The lowest BCUT2D eigenvalue weighted by Crippen LogP contribution is -2.22. The molecule has 1 heterocycles. The van der Waals surface area contributed by atoms with E-state index >= 15 is 0 Å². The van der Waals surface area contributed by atoms with E-state index in [2.05, 4.69) is 17.6 Å². The minimum atomic E-state index is -0.276. The lowest BCUT2D eigenvalue weighted by atomic mass is 9.88. The van der Waals surface area contributed by atoms with Crippen LogP contribution in [0.15, 0.2) is 30.3 Å². The predicted molar refractivity (Wildman–Crippen MR) is 108 cm³/mol. The van der Waals surface area contributed by atoms with E-state index in [0.717, 1.165) is 30.4 Å². The van der Waals surface area contributed by atoms with Gasteiger partial charge in [-0.3, -0.25) is 9.59 Å². The van der Waals surface area contributed by atoms with Crippen molar-refractivity contribution in [3.8, 4) is 0 Å². The number of halogens is 1. The van der Waals surface area contributed by atoms with Crippen LogP contribution in [0.1, 0.15) is 39.7 Å². The summed E-state index contributed by atoms with van der Waals surface area (Å²) in [6.45, 7) is 2.22. The van der Waals surface area contributed by atoms with Crippen molar-refractivity contribution in [2.45, 2.75) is 26.2 Å². The normalized spacial score (nSPS) is 16.3. The number of hydrogen-bond acceptors (Lipinski definition) is 3. The van der Waals surface area contributed by atoms with Crippen molar-refractivity contribution >= 4 is 45.8 Å². The van der Waals surface area contributed by atoms with Crippen molar-refractivity contribution in [2.75, 3.05) is 12.4 Å². The summed E-state index contributed by atoms with van der Waals surface area (Å²) in [5.74, 6) is 0.173. The molecule has 0 radical (unpaired) electrons. The molecular weight excluding hydrogens is 368 g/mol. The molecule has 1 aromatic heterocycles. The van der Waals surface area contributed by atoms with E-state index in [1.165, 1.54) is 22.3 Å². The Morgan fingerprint density at radius 1 is 1.31 bits per heavy atom. The number of thiophene rings is 1. The molecule has 1 aliphatic rings. The van der Waals surface area contributed by atoms with Crippen molar-refractivity contribution in [1.29, 1.82) is 0 Å². The van der Waals surface area contributed by atoms with Gasteiger partial charge in [0, 0.05) is 23.0 Å². The Kier molecular flexibility index (Phi) is 5.79. The quantitative estimate of drug-likeness (QED) is 0.755. The third-order valence-corrected chi connectivity index (χ3v) is 6.04. The SMILES string of the molecule is CNC(=O)c1c(NC(=O)/C=C/c2ccccc2Cl)sc2c1CCC(C)C2. The van der Waals surface area contributed by atoms with Crippen LogP contribution < -0.4 is 10.6 Å². The second-order valence-electron chi connectivity index (χ2n) is 6.48. The first-order valence-corrected chi connectivity index (χ1v) is 9.79. The van der Waals surface area contributed by atoms with Crippen LogP contribution >= 0.6 is 22.9 Å². The van der Waals surface area contributed by atoms with Gasteiger partial charge in [-0.2, -0.15) is 0 Å². The molecule has 2 amide bonds. The van der Waals surface area contributed by atoms with Crippen LogP contribution in [0.25, 0.3) is 6.08 Å². The molecule has 0 saturated heterocycles. The van der Waals surface area contributed by atoms with Gasteiger partial charge in [0.2, 0.25) is 5.91 Å². The molecule has 0 fully saturated rings. The summed E-state index contributed by atoms with van der Waals surface area (Å²) in [4.78, 5) is 25.9. The maximum absolute atomic E-state index is 12.4. The Labute approximate surface area is 162 Å². The van der Waals surface area contributed by atoms with Crippen molar-refractivity contribution in [3.05, 3.63) is 56.9 Å². The van der Waals surface area contributed by atoms with E-state index in [0.29, 0.717) is 21.5 Å². The number of amides is 2. The van der Waals surface area contributed by atoms with Gasteiger partial charge >= 0.3 is 0 Å². The monoisotopic (exact) mass is 388 g/mol. The van der Waals surface area contributed by atoms with E-state index in [4.69, 9.17) is 11.6 Å². The molecule has 0 bridgehead atoms. The molecule has 1 atom stereocenters. The van der Waals surface area contributed by atoms with E-state index in [9.17, 15) is 9.59 Å². The van der Waals surface area contributed by atoms with Crippen LogP contribution in [-0.2, 0) is 17.6 Å². The molecule has 26 heavy (non-hydrogen) atoms. The van der Waals surface area contributed by atoms with E-state index in [1.54, 1.807) is 19.2 Å². The molecule has 1 unspecified atom stereocenters. The molecule has 4 nitrogen and oxygen atoms in total. The zero-order valence-electron chi connectivity index (χ0n) is 14.8. The summed E-state index contributed by atoms with van der Waals surface area (Å²) in [6, 6.07) is 7.32. The Balaban J connectivity index is 1.84. The maximum Gasteiger partial charge on any atom is 0.254 e. The minimum absolute atomic E-state index is 0.151. The van der Waals surface area contributed by atoms with E-state index < -0.39 is 0 Å². The lowest BCUT2D eigenvalue weighted by Gasteiger charge is -2.18. The molecule has 1 aromatic carbocycles. The van der Waals surface area contributed by atoms with Crippen LogP contribution in [0.3, 0.4) is 0 Å². The van der Waals surface area contributed by atoms with Gasteiger partial charge in [-0.15, -0.1) is 11.3 Å². The van der Waals surface area contributed by atoms with Gasteiger partial charge in [0.05, 0.1) is 5.56 Å². The summed E-state index contributed by atoms with van der Waals surface area (Å²) in [5, 5.41) is 6.77. The molecule has 0 spiro atoms. The molecule has 0 saturated carbocycles. The number of anilines is 1. The second kappa shape index (κ2) is 8.06. The van der Waals surface area contributed by atoms with Crippen molar-refractivity contribution < 1.29 is 9.59 Å². The summed E-state index contributed by atoms with van der Waals surface area (Å²) >= 11 is 7.61. The summed E-state index contributed by atoms with van der Waals surface area (Å²) in [6.07, 6.45) is 6.01. The number of carbonyl (C=O) groups excluding carboxylic acids is 2. The Morgan fingerprint density at radius 2 is 2.08 bits per heavy atom. The molecule has 3 rings (SSSR count). The third kappa shape index (κ3) is 4.00. The van der Waals surface area contributed by atoms with E-state index in [-0.39, 0.29) is 11.8 Å². The fourth-order valence-corrected chi connectivity index (χ4v) is 4.74. The zero-order chi connectivity index (χ0) is 18.7. The highest BCUT2D eigenvalue weighted by Gasteiger charge is 2.27. The average Bonchev–Trinajstić information content (AvgIpc) is 2.97. The van der Waals surface area contributed by atoms with Crippen molar-refractivity contribution in [2.24, 2.45) is 5.92 Å². The number of benzene rings is 1. The first-order valence-electron chi connectivity index (χ1n) is 8.59. The second-order valence-corrected chi connectivity index (χ2v) is 7.99. The largest absolute Gasteiger partial charge is 0.355 e. The third-order valence-electron chi connectivity index (χ3n) is 4.52. The minimum Gasteiger partial charge on any atom is -0.355 e. The summed E-state index contributed by atoms with van der Waals surface area (Å²) in [5.41, 5.74) is 2.46. The topological polar surface area (TPSA) is 58.2 Å². The number of nitrogens with one attached hydrogen (secondary N) is 2. The molecule has 1 aliphatic carbocycles. The standard InChI is InChI=1S/C20H21ClN2O2S/c1-12-7-9-14-16(11-12)26-20(18(14)19(25)22-2)23-17(24)10-8-13-5-3-4-6-15(13)21/h3-6,8,10,12H,7,9,11H2,1-2H3,(H,22,25)(H,23,24)/b10-8+. The van der Waals surface area contributed by atoms with Crippen molar-refractivity contribution in [1.82, 2.24) is 5.32 Å². The Hall–Kier alpha value is -2.11. The fourth-order valence-electron chi connectivity index (χ4n) is 3.13. The summed E-state index contributed by atoms with van der Waals surface area (Å²) in [7, 11) is 1.61. The lowest BCUT2D eigenvalue weighted by molar-refractivity contribution is -0.111. The number of fused-ring (bicyclic) bond motifs is 1. The van der Waals surface area contributed by atoms with Crippen LogP contribution in [0.2, 0.25) is 5.02 Å². The maximum atomic E-state index is 12.4. The van der Waals surface area contributed by atoms with Gasteiger partial charge in [0.25, 0.3) is 5.91 Å². The van der Waals surface area contributed by atoms with Crippen LogP contribution in [0.5, 0.6) is 0 Å². The average molecular weight is 389 g/mol. The van der Waals surface area contributed by atoms with Gasteiger partial charge in [-0.05, 0) is 48.4 Å². The Morgan fingerprint density at radius 3 is 2.81 bits per heavy atom. The van der Waals surface area contributed by atoms with Gasteiger partial charge in [-0.1, -0.05) is 36.7 Å². The molecule has 6 heteroatoms. The van der Waals surface area contributed by atoms with Gasteiger partial charge in [0.1, 0.15) is 5.00 Å². The van der Waals surface area contributed by atoms with Crippen LogP contribution in [-0.4, -0.2) is 18.9 Å². The van der Waals surface area contributed by atoms with Crippen LogP contribution in [0, 0.1) is 5.92 Å². The van der Waals surface area contributed by atoms with Crippen LogP contribution in [0.4, 0.5) is 5.00 Å². The molecular formula is C20H21ClN2O2S. The number of rotatable bonds is 4. The Bertz CT molecular complexity index is 873. The van der Waals surface area contributed by atoms with Gasteiger partial charge in [-0.25, -0.2) is 0 Å². The highest BCUT2D eigenvalue weighted by atomic mass is 35.5. The molecule has 2 aromatic rings. The molecule has 136 valence electrons. The zero-order valence-corrected chi connectivity index (χ0v) is 16.3. The first-order chi connectivity index (χ1) is 12.5. The number of hydrogen-bond donors (Lipinski definition) is 2. The first kappa shape index (κ1) is 18.7. The highest BCUT2D eigenvalue weighted by molar-refractivity contribution is 7.17.